The number of carbonyl (C=O) groups excluding carboxylic acids is 2. The van der Waals surface area contributed by atoms with E-state index in [4.69, 9.17) is 4.42 Å². The molecule has 0 radical (unpaired) electrons. The van der Waals surface area contributed by atoms with Crippen LogP contribution in [0.3, 0.4) is 0 Å². The standard InChI is InChI=1S/C18H16N4O3/c1-12(21-18(24)15-8-5-9-25-15)17(23)22-14-10-19-16(20-11-14)13-6-3-2-4-7-13/h2-12H,1H3,(H,21,24)(H,22,23). The lowest BCUT2D eigenvalue weighted by Gasteiger charge is -2.13. The normalized spacial score (nSPS) is 11.6. The molecular formula is C18H16N4O3. The largest absolute Gasteiger partial charge is 0.459 e. The summed E-state index contributed by atoms with van der Waals surface area (Å²) in [6.45, 7) is 1.58. The monoisotopic (exact) mass is 336 g/mol. The van der Waals surface area contributed by atoms with Crippen molar-refractivity contribution in [3.63, 3.8) is 0 Å². The summed E-state index contributed by atoms with van der Waals surface area (Å²) in [4.78, 5) is 32.5. The summed E-state index contributed by atoms with van der Waals surface area (Å²) < 4.78 is 4.99. The fraction of sp³-hybridized carbons (Fsp3) is 0.111. The van der Waals surface area contributed by atoms with E-state index in [0.717, 1.165) is 5.56 Å². The molecule has 2 heterocycles. The molecule has 2 amide bonds. The quantitative estimate of drug-likeness (QED) is 0.746. The average Bonchev–Trinajstić information content (AvgIpc) is 3.18. The van der Waals surface area contributed by atoms with E-state index in [-0.39, 0.29) is 11.7 Å². The fourth-order valence-corrected chi connectivity index (χ4v) is 2.12. The van der Waals surface area contributed by atoms with Gasteiger partial charge in [-0.2, -0.15) is 0 Å². The molecular weight excluding hydrogens is 320 g/mol. The minimum atomic E-state index is -0.744. The molecule has 1 unspecified atom stereocenters. The predicted molar refractivity (Wildman–Crippen MR) is 91.7 cm³/mol. The summed E-state index contributed by atoms with van der Waals surface area (Å²) in [6.07, 6.45) is 4.44. The van der Waals surface area contributed by atoms with Crippen molar-refractivity contribution < 1.29 is 14.0 Å². The van der Waals surface area contributed by atoms with Crippen LogP contribution in [0.2, 0.25) is 0 Å². The van der Waals surface area contributed by atoms with Gasteiger partial charge in [-0.15, -0.1) is 0 Å². The van der Waals surface area contributed by atoms with Gasteiger partial charge in [0.05, 0.1) is 24.3 Å². The molecule has 25 heavy (non-hydrogen) atoms. The highest BCUT2D eigenvalue weighted by atomic mass is 16.3. The molecule has 0 aliphatic carbocycles. The summed E-state index contributed by atoms with van der Waals surface area (Å²) in [7, 11) is 0. The number of carbonyl (C=O) groups is 2. The number of rotatable bonds is 5. The number of nitrogens with one attached hydrogen (secondary N) is 2. The van der Waals surface area contributed by atoms with E-state index in [1.807, 2.05) is 30.3 Å². The Balaban J connectivity index is 1.60. The first kappa shape index (κ1) is 16.4. The Labute approximate surface area is 144 Å². The van der Waals surface area contributed by atoms with Gasteiger partial charge < -0.3 is 15.1 Å². The third-order valence-electron chi connectivity index (χ3n) is 3.44. The van der Waals surface area contributed by atoms with E-state index in [2.05, 4.69) is 20.6 Å². The van der Waals surface area contributed by atoms with Gasteiger partial charge in [0.1, 0.15) is 6.04 Å². The van der Waals surface area contributed by atoms with Crippen LogP contribution >= 0.6 is 0 Å². The van der Waals surface area contributed by atoms with Gasteiger partial charge in [-0.25, -0.2) is 9.97 Å². The lowest BCUT2D eigenvalue weighted by Crippen LogP contribution is -2.41. The molecule has 0 spiro atoms. The van der Waals surface area contributed by atoms with Gasteiger partial charge in [-0.05, 0) is 19.1 Å². The van der Waals surface area contributed by atoms with Crippen LogP contribution in [-0.4, -0.2) is 27.8 Å². The van der Waals surface area contributed by atoms with Crippen molar-refractivity contribution in [1.82, 2.24) is 15.3 Å². The molecule has 2 aromatic heterocycles. The Morgan fingerprint density at radius 3 is 2.40 bits per heavy atom. The van der Waals surface area contributed by atoms with Gasteiger partial charge in [0, 0.05) is 5.56 Å². The maximum atomic E-state index is 12.2. The minimum Gasteiger partial charge on any atom is -0.459 e. The topological polar surface area (TPSA) is 97.1 Å². The van der Waals surface area contributed by atoms with Crippen molar-refractivity contribution in [3.8, 4) is 11.4 Å². The summed E-state index contributed by atoms with van der Waals surface area (Å²) in [5.74, 6) is -0.118. The molecule has 2 N–H and O–H groups in total. The van der Waals surface area contributed by atoms with Crippen molar-refractivity contribution in [1.29, 1.82) is 0 Å². The second kappa shape index (κ2) is 7.39. The van der Waals surface area contributed by atoms with E-state index in [1.165, 1.54) is 24.7 Å². The second-order valence-corrected chi connectivity index (χ2v) is 5.32. The molecule has 3 aromatic rings. The Hall–Kier alpha value is -3.48. The van der Waals surface area contributed by atoms with Gasteiger partial charge >= 0.3 is 0 Å². The molecule has 3 rings (SSSR count). The number of anilines is 1. The first-order chi connectivity index (χ1) is 12.1. The Morgan fingerprint density at radius 2 is 1.76 bits per heavy atom. The van der Waals surface area contributed by atoms with Gasteiger partial charge in [-0.3, -0.25) is 9.59 Å². The maximum absolute atomic E-state index is 12.2. The molecule has 7 nitrogen and oxygen atoms in total. The van der Waals surface area contributed by atoms with Crippen LogP contribution in [0.25, 0.3) is 11.4 Å². The number of amides is 2. The Morgan fingerprint density at radius 1 is 1.04 bits per heavy atom. The Kier molecular flexibility index (Phi) is 4.84. The summed E-state index contributed by atoms with van der Waals surface area (Å²) in [6, 6.07) is 11.9. The van der Waals surface area contributed by atoms with Crippen LogP contribution in [0.15, 0.2) is 65.5 Å². The SMILES string of the molecule is CC(NC(=O)c1ccco1)C(=O)Nc1cnc(-c2ccccc2)nc1. The summed E-state index contributed by atoms with van der Waals surface area (Å²) in [5.41, 5.74) is 1.34. The third-order valence-corrected chi connectivity index (χ3v) is 3.44. The number of hydrogen-bond donors (Lipinski definition) is 2. The molecule has 1 aromatic carbocycles. The number of furan rings is 1. The van der Waals surface area contributed by atoms with E-state index >= 15 is 0 Å². The molecule has 0 aliphatic heterocycles. The zero-order valence-electron chi connectivity index (χ0n) is 13.5. The number of hydrogen-bond acceptors (Lipinski definition) is 5. The zero-order chi connectivity index (χ0) is 17.6. The predicted octanol–water partition coefficient (Wildman–Crippen LogP) is 2.49. The van der Waals surface area contributed by atoms with E-state index in [9.17, 15) is 9.59 Å². The van der Waals surface area contributed by atoms with Crippen molar-refractivity contribution in [3.05, 3.63) is 66.9 Å². The minimum absolute atomic E-state index is 0.148. The van der Waals surface area contributed by atoms with Gasteiger partial charge in [0.2, 0.25) is 5.91 Å². The van der Waals surface area contributed by atoms with Crippen molar-refractivity contribution >= 4 is 17.5 Å². The highest BCUT2D eigenvalue weighted by Crippen LogP contribution is 2.14. The van der Waals surface area contributed by atoms with Gasteiger partial charge in [0.25, 0.3) is 5.91 Å². The molecule has 0 bridgehead atoms. The molecule has 0 saturated heterocycles. The zero-order valence-corrected chi connectivity index (χ0v) is 13.5. The third kappa shape index (κ3) is 4.08. The number of aromatic nitrogens is 2. The molecule has 0 fully saturated rings. The highest BCUT2D eigenvalue weighted by Gasteiger charge is 2.18. The maximum Gasteiger partial charge on any atom is 0.287 e. The molecule has 126 valence electrons. The molecule has 0 aliphatic rings. The van der Waals surface area contributed by atoms with E-state index in [1.54, 1.807) is 13.0 Å². The molecule has 1 atom stereocenters. The van der Waals surface area contributed by atoms with Crippen LogP contribution in [0.1, 0.15) is 17.5 Å². The lowest BCUT2D eigenvalue weighted by atomic mass is 10.2. The lowest BCUT2D eigenvalue weighted by molar-refractivity contribution is -0.117. The van der Waals surface area contributed by atoms with Crippen molar-refractivity contribution in [2.75, 3.05) is 5.32 Å². The summed E-state index contributed by atoms with van der Waals surface area (Å²) >= 11 is 0. The van der Waals surface area contributed by atoms with E-state index < -0.39 is 11.9 Å². The average molecular weight is 336 g/mol. The van der Waals surface area contributed by atoms with Crippen molar-refractivity contribution in [2.24, 2.45) is 0 Å². The van der Waals surface area contributed by atoms with Crippen LogP contribution in [0, 0.1) is 0 Å². The van der Waals surface area contributed by atoms with E-state index in [0.29, 0.717) is 11.5 Å². The van der Waals surface area contributed by atoms with Crippen molar-refractivity contribution in [2.45, 2.75) is 13.0 Å². The smallest absolute Gasteiger partial charge is 0.287 e. The molecule has 0 saturated carbocycles. The number of benzene rings is 1. The van der Waals surface area contributed by atoms with Crippen LogP contribution in [0.5, 0.6) is 0 Å². The second-order valence-electron chi connectivity index (χ2n) is 5.32. The molecule has 7 heteroatoms. The fourth-order valence-electron chi connectivity index (χ4n) is 2.12. The first-order valence-electron chi connectivity index (χ1n) is 7.66. The first-order valence-corrected chi connectivity index (χ1v) is 7.66. The van der Waals surface area contributed by atoms with Crippen LogP contribution < -0.4 is 10.6 Å². The van der Waals surface area contributed by atoms with Crippen LogP contribution in [-0.2, 0) is 4.79 Å². The van der Waals surface area contributed by atoms with Crippen LogP contribution in [0.4, 0.5) is 5.69 Å². The summed E-state index contributed by atoms with van der Waals surface area (Å²) in [5, 5.41) is 5.22. The van der Waals surface area contributed by atoms with Gasteiger partial charge in [-0.1, -0.05) is 30.3 Å². The Bertz CT molecular complexity index is 846. The highest BCUT2D eigenvalue weighted by molar-refractivity contribution is 5.99. The number of nitrogens with zero attached hydrogens (tertiary/aromatic N) is 2. The van der Waals surface area contributed by atoms with Gasteiger partial charge in [0.15, 0.2) is 11.6 Å².